The van der Waals surface area contributed by atoms with Crippen LogP contribution in [0.25, 0.3) is 0 Å². The SMILES string of the molecule is CO[C@@H]1CCC[C@@H]1OC(=O)[C@H]1COCCN1C. The first kappa shape index (κ1) is 12.8. The fraction of sp³-hybridized carbons (Fsp3) is 0.917. The van der Waals surface area contributed by atoms with Gasteiger partial charge in [-0.3, -0.25) is 9.69 Å². The van der Waals surface area contributed by atoms with E-state index in [4.69, 9.17) is 14.2 Å². The lowest BCUT2D eigenvalue weighted by Crippen LogP contribution is -2.49. The summed E-state index contributed by atoms with van der Waals surface area (Å²) in [5.41, 5.74) is 0. The first-order valence-corrected chi connectivity index (χ1v) is 6.23. The minimum absolute atomic E-state index is 0.0637. The van der Waals surface area contributed by atoms with Gasteiger partial charge in [0.1, 0.15) is 12.1 Å². The number of morpholine rings is 1. The maximum absolute atomic E-state index is 12.0. The van der Waals surface area contributed by atoms with Crippen molar-refractivity contribution in [1.29, 1.82) is 0 Å². The molecule has 0 unspecified atom stereocenters. The van der Waals surface area contributed by atoms with E-state index < -0.39 is 0 Å². The lowest BCUT2D eigenvalue weighted by molar-refractivity contribution is -0.165. The number of esters is 1. The maximum Gasteiger partial charge on any atom is 0.326 e. The van der Waals surface area contributed by atoms with Gasteiger partial charge in [-0.15, -0.1) is 0 Å². The van der Waals surface area contributed by atoms with Crippen molar-refractivity contribution in [3.63, 3.8) is 0 Å². The summed E-state index contributed by atoms with van der Waals surface area (Å²) in [7, 11) is 3.60. The van der Waals surface area contributed by atoms with Crippen molar-refractivity contribution >= 4 is 5.97 Å². The molecule has 5 nitrogen and oxygen atoms in total. The number of ether oxygens (including phenoxy) is 3. The molecule has 1 aliphatic carbocycles. The Morgan fingerprint density at radius 3 is 2.82 bits per heavy atom. The van der Waals surface area contributed by atoms with E-state index in [9.17, 15) is 4.79 Å². The van der Waals surface area contributed by atoms with Crippen LogP contribution in [0, 0.1) is 0 Å². The third-order valence-corrected chi connectivity index (χ3v) is 3.63. The number of hydrogen-bond donors (Lipinski definition) is 0. The highest BCUT2D eigenvalue weighted by Gasteiger charge is 2.34. The zero-order valence-electron chi connectivity index (χ0n) is 10.6. The summed E-state index contributed by atoms with van der Waals surface area (Å²) in [6.45, 7) is 1.89. The normalized spacial score (nSPS) is 34.8. The number of likely N-dealkylation sites (N-methyl/N-ethyl adjacent to an activating group) is 1. The van der Waals surface area contributed by atoms with E-state index in [-0.39, 0.29) is 24.2 Å². The van der Waals surface area contributed by atoms with Crippen LogP contribution in [0.2, 0.25) is 0 Å². The summed E-state index contributed by atoms with van der Waals surface area (Å²) in [5, 5.41) is 0. The molecule has 0 N–H and O–H groups in total. The van der Waals surface area contributed by atoms with Crippen LogP contribution in [0.1, 0.15) is 19.3 Å². The lowest BCUT2D eigenvalue weighted by atomic mass is 10.2. The zero-order valence-corrected chi connectivity index (χ0v) is 10.6. The molecule has 1 saturated carbocycles. The first-order valence-electron chi connectivity index (χ1n) is 6.23. The molecule has 3 atom stereocenters. The van der Waals surface area contributed by atoms with Gasteiger partial charge in [-0.1, -0.05) is 0 Å². The van der Waals surface area contributed by atoms with E-state index in [1.165, 1.54) is 0 Å². The van der Waals surface area contributed by atoms with Gasteiger partial charge in [0.15, 0.2) is 0 Å². The van der Waals surface area contributed by atoms with Crippen LogP contribution < -0.4 is 0 Å². The third-order valence-electron chi connectivity index (χ3n) is 3.63. The second kappa shape index (κ2) is 5.80. The van der Waals surface area contributed by atoms with Crippen LogP contribution in [-0.4, -0.2) is 63.0 Å². The molecular weight excluding hydrogens is 222 g/mol. The molecule has 1 saturated heterocycles. The van der Waals surface area contributed by atoms with Crippen LogP contribution in [0.3, 0.4) is 0 Å². The summed E-state index contributed by atoms with van der Waals surface area (Å²) in [5.74, 6) is -0.179. The second-order valence-corrected chi connectivity index (χ2v) is 4.75. The summed E-state index contributed by atoms with van der Waals surface area (Å²) >= 11 is 0. The van der Waals surface area contributed by atoms with E-state index >= 15 is 0 Å². The Morgan fingerprint density at radius 1 is 1.35 bits per heavy atom. The van der Waals surface area contributed by atoms with Crippen molar-refractivity contribution in [2.45, 2.75) is 37.5 Å². The molecule has 0 bridgehead atoms. The Hall–Kier alpha value is -0.650. The van der Waals surface area contributed by atoms with Crippen LogP contribution in [-0.2, 0) is 19.0 Å². The third kappa shape index (κ3) is 2.97. The molecule has 0 aromatic rings. The molecule has 2 aliphatic rings. The molecule has 2 fully saturated rings. The first-order chi connectivity index (χ1) is 8.22. The van der Waals surface area contributed by atoms with Crippen molar-refractivity contribution in [2.75, 3.05) is 33.9 Å². The quantitative estimate of drug-likeness (QED) is 0.673. The summed E-state index contributed by atoms with van der Waals surface area (Å²) in [4.78, 5) is 14.0. The molecule has 0 aromatic heterocycles. The van der Waals surface area contributed by atoms with Crippen LogP contribution >= 0.6 is 0 Å². The summed E-state index contributed by atoms with van der Waals surface area (Å²) in [6.07, 6.45) is 2.93. The Balaban J connectivity index is 1.87. The van der Waals surface area contributed by atoms with Gasteiger partial charge in [0.25, 0.3) is 0 Å². The van der Waals surface area contributed by atoms with Gasteiger partial charge in [0.2, 0.25) is 0 Å². The number of hydrogen-bond acceptors (Lipinski definition) is 5. The average molecular weight is 243 g/mol. The van der Waals surface area contributed by atoms with Gasteiger partial charge in [-0.25, -0.2) is 0 Å². The van der Waals surface area contributed by atoms with E-state index in [1.54, 1.807) is 7.11 Å². The predicted octanol–water partition coefficient (Wildman–Crippen LogP) is 0.428. The number of methoxy groups -OCH3 is 1. The largest absolute Gasteiger partial charge is 0.458 e. The van der Waals surface area contributed by atoms with Crippen molar-refractivity contribution < 1.29 is 19.0 Å². The maximum atomic E-state index is 12.0. The standard InChI is InChI=1S/C12H21NO4/c1-13-6-7-16-8-9(13)12(14)17-11-5-3-4-10(11)15-2/h9-11H,3-8H2,1-2H3/t9-,10-,11+/m1/s1. The van der Waals surface area contributed by atoms with Gasteiger partial charge in [0, 0.05) is 13.7 Å². The van der Waals surface area contributed by atoms with Crippen LogP contribution in [0.5, 0.6) is 0 Å². The van der Waals surface area contributed by atoms with E-state index in [1.807, 2.05) is 11.9 Å². The molecule has 0 aromatic carbocycles. The van der Waals surface area contributed by atoms with Crippen molar-refractivity contribution in [3.8, 4) is 0 Å². The molecule has 0 radical (unpaired) electrons. The number of carbonyl (C=O) groups is 1. The van der Waals surface area contributed by atoms with Crippen molar-refractivity contribution in [3.05, 3.63) is 0 Å². The number of nitrogens with zero attached hydrogens (tertiary/aromatic N) is 1. The molecular formula is C12H21NO4. The molecule has 1 heterocycles. The van der Waals surface area contributed by atoms with Gasteiger partial charge < -0.3 is 14.2 Å². The van der Waals surface area contributed by atoms with E-state index in [2.05, 4.69) is 0 Å². The topological polar surface area (TPSA) is 48.0 Å². The highest BCUT2D eigenvalue weighted by atomic mass is 16.6. The molecule has 17 heavy (non-hydrogen) atoms. The lowest BCUT2D eigenvalue weighted by Gasteiger charge is -2.31. The van der Waals surface area contributed by atoms with Crippen molar-refractivity contribution in [1.82, 2.24) is 4.90 Å². The molecule has 1 aliphatic heterocycles. The number of carbonyl (C=O) groups excluding carboxylic acids is 1. The minimum atomic E-state index is -0.262. The number of rotatable bonds is 3. The van der Waals surface area contributed by atoms with Crippen molar-refractivity contribution in [2.24, 2.45) is 0 Å². The predicted molar refractivity (Wildman–Crippen MR) is 61.8 cm³/mol. The van der Waals surface area contributed by atoms with E-state index in [0.29, 0.717) is 13.2 Å². The summed E-state index contributed by atoms with van der Waals surface area (Å²) in [6, 6.07) is -0.262. The second-order valence-electron chi connectivity index (χ2n) is 4.75. The highest BCUT2D eigenvalue weighted by Crippen LogP contribution is 2.25. The fourth-order valence-corrected chi connectivity index (χ4v) is 2.46. The van der Waals surface area contributed by atoms with Gasteiger partial charge in [-0.05, 0) is 26.3 Å². The fourth-order valence-electron chi connectivity index (χ4n) is 2.46. The molecule has 98 valence electrons. The van der Waals surface area contributed by atoms with Crippen LogP contribution in [0.4, 0.5) is 0 Å². The van der Waals surface area contributed by atoms with E-state index in [0.717, 1.165) is 25.8 Å². The van der Waals surface area contributed by atoms with Gasteiger partial charge in [-0.2, -0.15) is 0 Å². The average Bonchev–Trinajstić information content (AvgIpc) is 2.76. The Kier molecular flexibility index (Phi) is 4.36. The molecule has 2 rings (SSSR count). The smallest absolute Gasteiger partial charge is 0.326 e. The van der Waals surface area contributed by atoms with Gasteiger partial charge >= 0.3 is 5.97 Å². The Bertz CT molecular complexity index is 271. The molecule has 5 heteroatoms. The Labute approximate surface area is 102 Å². The van der Waals surface area contributed by atoms with Crippen LogP contribution in [0.15, 0.2) is 0 Å². The molecule has 0 spiro atoms. The molecule has 0 amide bonds. The van der Waals surface area contributed by atoms with Gasteiger partial charge in [0.05, 0.1) is 19.3 Å². The summed E-state index contributed by atoms with van der Waals surface area (Å²) < 4.78 is 16.2. The monoisotopic (exact) mass is 243 g/mol. The highest BCUT2D eigenvalue weighted by molar-refractivity contribution is 5.76. The zero-order chi connectivity index (χ0) is 12.3. The Morgan fingerprint density at radius 2 is 2.12 bits per heavy atom. The minimum Gasteiger partial charge on any atom is -0.458 e.